The molecule has 3 N–H and O–H groups in total. The van der Waals surface area contributed by atoms with Crippen molar-refractivity contribution < 1.29 is 9.59 Å². The molecule has 114 valence electrons. The van der Waals surface area contributed by atoms with Gasteiger partial charge in [0.15, 0.2) is 0 Å². The summed E-state index contributed by atoms with van der Waals surface area (Å²) in [7, 11) is 0. The van der Waals surface area contributed by atoms with E-state index in [4.69, 9.17) is 5.73 Å². The first-order valence-electron chi connectivity index (χ1n) is 7.08. The number of thiophene rings is 1. The summed E-state index contributed by atoms with van der Waals surface area (Å²) >= 11 is 3.61. The van der Waals surface area contributed by atoms with Crippen molar-refractivity contribution in [2.75, 3.05) is 5.32 Å². The van der Waals surface area contributed by atoms with E-state index in [2.05, 4.69) is 27.9 Å². The van der Waals surface area contributed by atoms with Crippen molar-refractivity contribution in [2.45, 2.75) is 25.7 Å². The summed E-state index contributed by atoms with van der Waals surface area (Å²) in [5.74, 6) is -0.663. The smallest absolute Gasteiger partial charge is 0.257 e. The lowest BCUT2D eigenvalue weighted by Gasteiger charge is -2.11. The third kappa shape index (κ3) is 2.89. The van der Waals surface area contributed by atoms with Crippen LogP contribution >= 0.6 is 33.9 Å². The van der Waals surface area contributed by atoms with Gasteiger partial charge in [0, 0.05) is 8.45 Å². The summed E-state index contributed by atoms with van der Waals surface area (Å²) in [5.41, 5.74) is 7.67. The Morgan fingerprint density at radius 2 is 1.91 bits per heavy atom. The van der Waals surface area contributed by atoms with Crippen LogP contribution < -0.4 is 11.1 Å². The summed E-state index contributed by atoms with van der Waals surface area (Å²) in [6, 6.07) is 7.36. The number of aryl methyl sites for hydroxylation is 1. The van der Waals surface area contributed by atoms with Gasteiger partial charge < -0.3 is 11.1 Å². The molecule has 2 amide bonds. The minimum absolute atomic E-state index is 0.203. The van der Waals surface area contributed by atoms with Crippen molar-refractivity contribution in [2.24, 2.45) is 5.73 Å². The highest BCUT2D eigenvalue weighted by atomic mass is 127. The number of fused-ring (bicyclic) bond motifs is 1. The molecular formula is C16H15IN2O2S. The van der Waals surface area contributed by atoms with Crippen molar-refractivity contribution in [3.8, 4) is 0 Å². The number of primary amides is 1. The largest absolute Gasteiger partial charge is 0.365 e. The Kier molecular flexibility index (Phi) is 4.49. The lowest BCUT2D eigenvalue weighted by atomic mass is 9.95. The number of hydrogen-bond acceptors (Lipinski definition) is 3. The quantitative estimate of drug-likeness (QED) is 0.737. The van der Waals surface area contributed by atoms with Crippen LogP contribution in [0.25, 0.3) is 0 Å². The lowest BCUT2D eigenvalue weighted by Crippen LogP contribution is -2.19. The van der Waals surface area contributed by atoms with Crippen LogP contribution in [0.4, 0.5) is 5.00 Å². The maximum Gasteiger partial charge on any atom is 0.257 e. The molecule has 0 spiro atoms. The zero-order valence-electron chi connectivity index (χ0n) is 11.8. The molecule has 0 aliphatic heterocycles. The molecule has 0 saturated heterocycles. The minimum atomic E-state index is -0.461. The molecule has 0 saturated carbocycles. The molecule has 1 aromatic heterocycles. The van der Waals surface area contributed by atoms with E-state index in [9.17, 15) is 9.59 Å². The third-order valence-electron chi connectivity index (χ3n) is 3.76. The molecule has 0 unspecified atom stereocenters. The third-order valence-corrected chi connectivity index (χ3v) is 5.91. The van der Waals surface area contributed by atoms with Crippen LogP contribution in [0.15, 0.2) is 24.3 Å². The van der Waals surface area contributed by atoms with Crippen LogP contribution in [0, 0.1) is 3.57 Å². The molecular weight excluding hydrogens is 411 g/mol. The molecule has 4 nitrogen and oxygen atoms in total. The first-order chi connectivity index (χ1) is 10.6. The molecule has 1 aromatic carbocycles. The highest BCUT2D eigenvalue weighted by Gasteiger charge is 2.25. The second-order valence-electron chi connectivity index (χ2n) is 5.21. The van der Waals surface area contributed by atoms with Crippen LogP contribution in [-0.2, 0) is 12.8 Å². The van der Waals surface area contributed by atoms with Gasteiger partial charge in [0.05, 0.1) is 11.1 Å². The van der Waals surface area contributed by atoms with Gasteiger partial charge in [-0.15, -0.1) is 11.3 Å². The number of hydrogen-bond donors (Lipinski definition) is 2. The van der Waals surface area contributed by atoms with E-state index < -0.39 is 5.91 Å². The Morgan fingerprint density at radius 1 is 1.18 bits per heavy atom. The Morgan fingerprint density at radius 3 is 2.64 bits per heavy atom. The van der Waals surface area contributed by atoms with Crippen LogP contribution in [0.1, 0.15) is 44.0 Å². The number of anilines is 1. The molecule has 1 aliphatic carbocycles. The maximum atomic E-state index is 12.5. The molecule has 0 fully saturated rings. The van der Waals surface area contributed by atoms with Gasteiger partial charge in [0.2, 0.25) is 0 Å². The summed E-state index contributed by atoms with van der Waals surface area (Å²) in [5, 5.41) is 3.47. The molecule has 1 aliphatic rings. The fourth-order valence-corrected chi connectivity index (χ4v) is 4.65. The second kappa shape index (κ2) is 6.37. The molecule has 0 radical (unpaired) electrons. The summed E-state index contributed by atoms with van der Waals surface area (Å²) in [6.45, 7) is 0. The highest BCUT2D eigenvalue weighted by molar-refractivity contribution is 14.1. The SMILES string of the molecule is NC(=O)c1c(NC(=O)c2ccccc2I)sc2c1CCCC2. The van der Waals surface area contributed by atoms with Crippen LogP contribution in [0.2, 0.25) is 0 Å². The molecule has 1 heterocycles. The molecule has 0 atom stereocenters. The summed E-state index contributed by atoms with van der Waals surface area (Å²) in [4.78, 5) is 25.5. The van der Waals surface area contributed by atoms with Gasteiger partial charge in [0.25, 0.3) is 11.8 Å². The fraction of sp³-hybridized carbons (Fsp3) is 0.250. The minimum Gasteiger partial charge on any atom is -0.365 e. The number of carbonyl (C=O) groups is 2. The molecule has 2 aromatic rings. The number of carbonyl (C=O) groups excluding carboxylic acids is 2. The van der Waals surface area contributed by atoms with Gasteiger partial charge in [-0.2, -0.15) is 0 Å². The molecule has 6 heteroatoms. The van der Waals surface area contributed by atoms with Crippen LogP contribution in [-0.4, -0.2) is 11.8 Å². The van der Waals surface area contributed by atoms with Crippen LogP contribution in [0.5, 0.6) is 0 Å². The average Bonchev–Trinajstić information content (AvgIpc) is 2.85. The first kappa shape index (κ1) is 15.5. The topological polar surface area (TPSA) is 72.2 Å². The number of benzene rings is 1. The molecule has 3 rings (SSSR count). The number of nitrogens with one attached hydrogen (secondary N) is 1. The van der Waals surface area contributed by atoms with Crippen molar-refractivity contribution in [1.82, 2.24) is 0 Å². The van der Waals surface area contributed by atoms with E-state index in [0.29, 0.717) is 16.1 Å². The van der Waals surface area contributed by atoms with Gasteiger partial charge in [-0.05, 0) is 66.0 Å². The predicted molar refractivity (Wildman–Crippen MR) is 96.6 cm³/mol. The fourth-order valence-electron chi connectivity index (χ4n) is 2.73. The van der Waals surface area contributed by atoms with Crippen molar-refractivity contribution in [1.29, 1.82) is 0 Å². The zero-order valence-corrected chi connectivity index (χ0v) is 14.8. The second-order valence-corrected chi connectivity index (χ2v) is 7.48. The normalized spacial score (nSPS) is 13.5. The van der Waals surface area contributed by atoms with Gasteiger partial charge in [-0.3, -0.25) is 9.59 Å². The zero-order chi connectivity index (χ0) is 15.7. The average molecular weight is 426 g/mol. The van der Waals surface area contributed by atoms with Gasteiger partial charge in [-0.25, -0.2) is 0 Å². The lowest BCUT2D eigenvalue weighted by molar-refractivity contribution is 0.100. The van der Waals surface area contributed by atoms with Gasteiger partial charge in [-0.1, -0.05) is 12.1 Å². The van der Waals surface area contributed by atoms with E-state index in [-0.39, 0.29) is 5.91 Å². The van der Waals surface area contributed by atoms with E-state index in [0.717, 1.165) is 34.8 Å². The van der Waals surface area contributed by atoms with E-state index in [1.54, 1.807) is 6.07 Å². The van der Waals surface area contributed by atoms with Crippen molar-refractivity contribution in [3.63, 3.8) is 0 Å². The summed E-state index contributed by atoms with van der Waals surface area (Å²) < 4.78 is 0.875. The van der Waals surface area contributed by atoms with Crippen LogP contribution in [0.3, 0.4) is 0 Å². The summed E-state index contributed by atoms with van der Waals surface area (Å²) in [6.07, 6.45) is 4.01. The standard InChI is InChI=1S/C16H15IN2O2S/c17-11-7-3-1-5-9(11)15(21)19-16-13(14(18)20)10-6-2-4-8-12(10)22-16/h1,3,5,7H,2,4,6,8H2,(H2,18,20)(H,19,21). The first-order valence-corrected chi connectivity index (χ1v) is 8.97. The molecule has 22 heavy (non-hydrogen) atoms. The molecule has 0 bridgehead atoms. The maximum absolute atomic E-state index is 12.5. The van der Waals surface area contributed by atoms with E-state index in [1.165, 1.54) is 16.2 Å². The van der Waals surface area contributed by atoms with Crippen molar-refractivity contribution >= 4 is 50.7 Å². The number of halogens is 1. The number of nitrogens with two attached hydrogens (primary N) is 1. The highest BCUT2D eigenvalue weighted by Crippen LogP contribution is 2.38. The Balaban J connectivity index is 1.95. The Labute approximate surface area is 146 Å². The predicted octanol–water partition coefficient (Wildman–Crippen LogP) is 3.58. The Bertz CT molecular complexity index is 755. The van der Waals surface area contributed by atoms with E-state index >= 15 is 0 Å². The van der Waals surface area contributed by atoms with Crippen molar-refractivity contribution in [3.05, 3.63) is 49.4 Å². The van der Waals surface area contributed by atoms with E-state index in [1.807, 2.05) is 18.2 Å². The van der Waals surface area contributed by atoms with Gasteiger partial charge >= 0.3 is 0 Å². The monoisotopic (exact) mass is 426 g/mol. The number of rotatable bonds is 3. The van der Waals surface area contributed by atoms with Gasteiger partial charge in [0.1, 0.15) is 5.00 Å². The number of amides is 2. The Hall–Kier alpha value is -1.41.